The summed E-state index contributed by atoms with van der Waals surface area (Å²) in [6.07, 6.45) is 5.66. The van der Waals surface area contributed by atoms with Crippen LogP contribution in [-0.2, 0) is 6.54 Å². The van der Waals surface area contributed by atoms with Crippen molar-refractivity contribution in [2.24, 2.45) is 11.8 Å². The van der Waals surface area contributed by atoms with Crippen molar-refractivity contribution in [1.29, 1.82) is 0 Å². The number of hydrogen-bond acceptors (Lipinski definition) is 6. The first kappa shape index (κ1) is 22.0. The Bertz CT molecular complexity index is 1350. The second-order valence-corrected chi connectivity index (χ2v) is 10.4. The van der Waals surface area contributed by atoms with Gasteiger partial charge in [0.05, 0.1) is 5.69 Å². The van der Waals surface area contributed by atoms with Gasteiger partial charge in [-0.2, -0.15) is 0 Å². The molecule has 0 bridgehead atoms. The van der Waals surface area contributed by atoms with Gasteiger partial charge >= 0.3 is 0 Å². The van der Waals surface area contributed by atoms with Crippen LogP contribution in [0.1, 0.15) is 64.4 Å². The lowest BCUT2D eigenvalue weighted by Crippen LogP contribution is -2.45. The van der Waals surface area contributed by atoms with E-state index in [1.165, 1.54) is 17.4 Å². The molecule has 4 N–H and O–H groups in total. The van der Waals surface area contributed by atoms with Gasteiger partial charge in [-0.15, -0.1) is 5.10 Å². The molecule has 3 aliphatic rings. The molecule has 2 saturated carbocycles. The summed E-state index contributed by atoms with van der Waals surface area (Å²) in [7, 11) is 0. The number of carbonyl (C=O) groups excluding carboxylic acids is 2. The Morgan fingerprint density at radius 1 is 1.31 bits per heavy atom. The molecule has 1 atom stereocenters. The van der Waals surface area contributed by atoms with Gasteiger partial charge in [0, 0.05) is 42.6 Å². The van der Waals surface area contributed by atoms with Crippen LogP contribution in [0.2, 0.25) is 0 Å². The molecule has 9 heteroatoms. The van der Waals surface area contributed by atoms with Crippen molar-refractivity contribution in [3.63, 3.8) is 0 Å². The molecule has 0 radical (unpaired) electrons. The predicted octanol–water partition coefficient (Wildman–Crippen LogP) is 2.54. The number of benzene rings is 1. The fourth-order valence-corrected chi connectivity index (χ4v) is 5.58. The van der Waals surface area contributed by atoms with E-state index in [0.29, 0.717) is 23.8 Å². The SMILES string of the molecule is Cc1cc(-c2ccn3nc(N)c(C(=O)N[C@H]4C[C@H](CO)C4)c3n2)cc2c1C(=O)N(C(C)C1CC1)C2. The summed E-state index contributed by atoms with van der Waals surface area (Å²) in [5, 5.41) is 16.5. The van der Waals surface area contributed by atoms with Crippen LogP contribution in [0.25, 0.3) is 16.9 Å². The lowest BCUT2D eigenvalue weighted by Gasteiger charge is -2.34. The van der Waals surface area contributed by atoms with Gasteiger partial charge in [0.2, 0.25) is 0 Å². The molecule has 2 amide bonds. The monoisotopic (exact) mass is 474 g/mol. The molecule has 2 aromatic heterocycles. The molecular formula is C26H30N6O3. The van der Waals surface area contributed by atoms with E-state index in [2.05, 4.69) is 17.3 Å². The number of aliphatic hydroxyl groups is 1. The van der Waals surface area contributed by atoms with Gasteiger partial charge in [-0.05, 0) is 80.7 Å². The molecule has 35 heavy (non-hydrogen) atoms. The van der Waals surface area contributed by atoms with E-state index >= 15 is 0 Å². The Morgan fingerprint density at radius 2 is 2.09 bits per heavy atom. The zero-order valence-corrected chi connectivity index (χ0v) is 20.0. The smallest absolute Gasteiger partial charge is 0.259 e. The van der Waals surface area contributed by atoms with E-state index in [-0.39, 0.29) is 47.8 Å². The van der Waals surface area contributed by atoms with E-state index in [1.54, 1.807) is 6.20 Å². The summed E-state index contributed by atoms with van der Waals surface area (Å²) >= 11 is 0. The molecular weight excluding hydrogens is 444 g/mol. The molecule has 182 valence electrons. The highest BCUT2D eigenvalue weighted by Gasteiger charge is 2.39. The van der Waals surface area contributed by atoms with Gasteiger partial charge in [-0.1, -0.05) is 0 Å². The van der Waals surface area contributed by atoms with Crippen LogP contribution in [0.4, 0.5) is 5.82 Å². The summed E-state index contributed by atoms with van der Waals surface area (Å²) in [4.78, 5) is 32.9. The van der Waals surface area contributed by atoms with Crippen molar-refractivity contribution in [2.45, 2.75) is 58.2 Å². The minimum absolute atomic E-state index is 0.0232. The number of fused-ring (bicyclic) bond motifs is 2. The molecule has 1 aliphatic heterocycles. The molecule has 1 unspecified atom stereocenters. The number of nitrogens with two attached hydrogens (primary N) is 1. The zero-order valence-electron chi connectivity index (χ0n) is 20.0. The Labute approximate surface area is 203 Å². The number of aromatic nitrogens is 3. The standard InChI is InChI=1S/C26H30N6O3/c1-13-7-17(10-18-11-31(26(35)21(13)18)14(2)16-3-4-16)20-5-6-32-24(29-20)22(23(27)30-32)25(34)28-19-8-15(9-19)12-33/h5-7,10,14-16,19,33H,3-4,8-9,11-12H2,1-2H3,(H2,27,30)(H,28,34)/t14?,15-,19-. The lowest BCUT2D eigenvalue weighted by atomic mass is 9.81. The van der Waals surface area contributed by atoms with E-state index in [0.717, 1.165) is 35.1 Å². The molecule has 2 fully saturated rings. The van der Waals surface area contributed by atoms with E-state index in [1.807, 2.05) is 30.0 Å². The average Bonchev–Trinajstić information content (AvgIpc) is 3.52. The number of amides is 2. The normalized spacial score (nSPS) is 22.3. The maximum absolute atomic E-state index is 13.1. The van der Waals surface area contributed by atoms with Gasteiger partial charge < -0.3 is 21.1 Å². The predicted molar refractivity (Wildman–Crippen MR) is 131 cm³/mol. The summed E-state index contributed by atoms with van der Waals surface area (Å²) < 4.78 is 1.52. The van der Waals surface area contributed by atoms with Gasteiger partial charge in [0.1, 0.15) is 5.56 Å². The van der Waals surface area contributed by atoms with Crippen LogP contribution in [0.3, 0.4) is 0 Å². The van der Waals surface area contributed by atoms with Crippen LogP contribution < -0.4 is 11.1 Å². The molecule has 3 heterocycles. The molecule has 1 aromatic carbocycles. The molecule has 2 aliphatic carbocycles. The number of aryl methyl sites for hydroxylation is 1. The molecule has 3 aromatic rings. The van der Waals surface area contributed by atoms with Crippen molar-refractivity contribution in [2.75, 3.05) is 12.3 Å². The third kappa shape index (κ3) is 3.65. The highest BCUT2D eigenvalue weighted by Crippen LogP contribution is 2.39. The molecule has 0 saturated heterocycles. The first-order valence-corrected chi connectivity index (χ1v) is 12.4. The highest BCUT2D eigenvalue weighted by molar-refractivity contribution is 6.04. The van der Waals surface area contributed by atoms with E-state index in [9.17, 15) is 14.7 Å². The number of nitrogens with one attached hydrogen (secondary N) is 1. The minimum Gasteiger partial charge on any atom is -0.396 e. The van der Waals surface area contributed by atoms with Crippen LogP contribution in [0.15, 0.2) is 24.4 Å². The Hall–Kier alpha value is -3.46. The zero-order chi connectivity index (χ0) is 24.4. The van der Waals surface area contributed by atoms with Crippen molar-refractivity contribution >= 4 is 23.3 Å². The van der Waals surface area contributed by atoms with Gasteiger partial charge in [-0.3, -0.25) is 9.59 Å². The number of nitrogens with zero attached hydrogens (tertiary/aromatic N) is 4. The van der Waals surface area contributed by atoms with Gasteiger partial charge in [-0.25, -0.2) is 9.50 Å². The quantitative estimate of drug-likeness (QED) is 0.504. The van der Waals surface area contributed by atoms with Crippen molar-refractivity contribution in [1.82, 2.24) is 24.8 Å². The van der Waals surface area contributed by atoms with E-state index in [4.69, 9.17) is 10.7 Å². The number of hydrogen-bond donors (Lipinski definition) is 3. The van der Waals surface area contributed by atoms with Gasteiger partial charge in [0.15, 0.2) is 11.5 Å². The summed E-state index contributed by atoms with van der Waals surface area (Å²) in [5.41, 5.74) is 11.1. The number of anilines is 1. The third-order valence-corrected chi connectivity index (χ3v) is 7.89. The van der Waals surface area contributed by atoms with Crippen LogP contribution in [0, 0.1) is 18.8 Å². The molecule has 0 spiro atoms. The maximum Gasteiger partial charge on any atom is 0.259 e. The third-order valence-electron chi connectivity index (χ3n) is 7.89. The largest absolute Gasteiger partial charge is 0.396 e. The van der Waals surface area contributed by atoms with Crippen LogP contribution in [-0.4, -0.2) is 55.1 Å². The van der Waals surface area contributed by atoms with E-state index < -0.39 is 0 Å². The second-order valence-electron chi connectivity index (χ2n) is 10.4. The maximum atomic E-state index is 13.1. The molecule has 9 nitrogen and oxygen atoms in total. The summed E-state index contributed by atoms with van der Waals surface area (Å²) in [5.74, 6) is 0.802. The fourth-order valence-electron chi connectivity index (χ4n) is 5.58. The van der Waals surface area contributed by atoms with Gasteiger partial charge in [0.25, 0.3) is 11.8 Å². The summed E-state index contributed by atoms with van der Waals surface area (Å²) in [6, 6.07) is 6.16. The summed E-state index contributed by atoms with van der Waals surface area (Å²) in [6.45, 7) is 4.88. The van der Waals surface area contributed by atoms with Crippen LogP contribution in [0.5, 0.6) is 0 Å². The Balaban J connectivity index is 1.31. The fraction of sp³-hybridized carbons (Fsp3) is 0.462. The van der Waals surface area contributed by atoms with Crippen molar-refractivity contribution in [3.05, 3.63) is 46.6 Å². The van der Waals surface area contributed by atoms with Crippen molar-refractivity contribution in [3.8, 4) is 11.3 Å². The minimum atomic E-state index is -0.302. The van der Waals surface area contributed by atoms with Crippen molar-refractivity contribution < 1.29 is 14.7 Å². The van der Waals surface area contributed by atoms with Crippen LogP contribution >= 0.6 is 0 Å². The molecule has 6 rings (SSSR count). The number of carbonyl (C=O) groups is 2. The number of rotatable bonds is 6. The topological polar surface area (TPSA) is 126 Å². The average molecular weight is 475 g/mol. The lowest BCUT2D eigenvalue weighted by molar-refractivity contribution is 0.0696. The number of aliphatic hydroxyl groups excluding tert-OH is 1. The Morgan fingerprint density at radius 3 is 2.80 bits per heavy atom. The first-order chi connectivity index (χ1) is 16.8. The number of nitrogen functional groups attached to an aromatic ring is 1. The first-order valence-electron chi connectivity index (χ1n) is 12.4. The second kappa shape index (κ2) is 8.05. The highest BCUT2D eigenvalue weighted by atomic mass is 16.3. The Kier molecular flexibility index (Phi) is 5.07.